The van der Waals surface area contributed by atoms with Gasteiger partial charge in [-0.1, -0.05) is 0 Å². The van der Waals surface area contributed by atoms with Gasteiger partial charge in [0.15, 0.2) is 9.84 Å². The van der Waals surface area contributed by atoms with Crippen LogP contribution in [0.4, 0.5) is 0 Å². The summed E-state index contributed by atoms with van der Waals surface area (Å²) in [5, 5.41) is 17.7. The van der Waals surface area contributed by atoms with Crippen LogP contribution in [0.5, 0.6) is 0 Å². The summed E-state index contributed by atoms with van der Waals surface area (Å²) in [5.41, 5.74) is 5.21. The Kier molecular flexibility index (Phi) is 2.60. The molecule has 1 heterocycles. The van der Waals surface area contributed by atoms with Gasteiger partial charge in [-0.25, -0.2) is 8.42 Å². The number of aliphatic hydroxyl groups excluding tert-OH is 1. The minimum Gasteiger partial charge on any atom is -0.480 e. The molecule has 0 spiro atoms. The topological polar surface area (TPSA) is 118 Å². The van der Waals surface area contributed by atoms with Crippen LogP contribution in [0.3, 0.4) is 0 Å². The zero-order chi connectivity index (χ0) is 10.2. The third kappa shape index (κ3) is 2.17. The Balaban J connectivity index is 2.79. The Morgan fingerprint density at radius 2 is 2.00 bits per heavy atom. The molecule has 0 saturated carbocycles. The molecule has 0 aromatic heterocycles. The standard InChI is InChI=1S/C6H11NO5S/c7-5(6(9)10)3-1-13(11,12)2-4(3)8/h3-5,8H,1-2,7H2,(H,9,10)/t3-,4-,5+/m1/s1. The Hall–Kier alpha value is -0.660. The van der Waals surface area contributed by atoms with E-state index in [1.807, 2.05) is 0 Å². The van der Waals surface area contributed by atoms with Crippen molar-refractivity contribution in [1.29, 1.82) is 0 Å². The number of sulfone groups is 1. The van der Waals surface area contributed by atoms with Gasteiger partial charge in [-0.05, 0) is 0 Å². The maximum Gasteiger partial charge on any atom is 0.320 e. The van der Waals surface area contributed by atoms with E-state index in [1.54, 1.807) is 0 Å². The van der Waals surface area contributed by atoms with Gasteiger partial charge in [-0.2, -0.15) is 0 Å². The van der Waals surface area contributed by atoms with Crippen molar-refractivity contribution in [2.45, 2.75) is 12.1 Å². The van der Waals surface area contributed by atoms with Gasteiger partial charge in [0.05, 0.1) is 17.6 Å². The lowest BCUT2D eigenvalue weighted by Crippen LogP contribution is -2.43. The first-order valence-electron chi connectivity index (χ1n) is 3.70. The second kappa shape index (κ2) is 3.24. The lowest BCUT2D eigenvalue weighted by Gasteiger charge is -2.16. The molecule has 1 rings (SSSR count). The first-order valence-corrected chi connectivity index (χ1v) is 5.52. The minimum atomic E-state index is -3.32. The van der Waals surface area contributed by atoms with E-state index in [2.05, 4.69) is 0 Å². The van der Waals surface area contributed by atoms with Crippen molar-refractivity contribution >= 4 is 15.8 Å². The van der Waals surface area contributed by atoms with Crippen molar-refractivity contribution in [2.24, 2.45) is 11.7 Å². The number of hydrogen-bond acceptors (Lipinski definition) is 5. The summed E-state index contributed by atoms with van der Waals surface area (Å²) < 4.78 is 21.9. The Bertz CT molecular complexity index is 311. The summed E-state index contributed by atoms with van der Waals surface area (Å²) in [6.45, 7) is 0. The number of aliphatic hydroxyl groups is 1. The maximum absolute atomic E-state index is 11.0. The molecular weight excluding hydrogens is 198 g/mol. The van der Waals surface area contributed by atoms with E-state index in [-0.39, 0.29) is 5.75 Å². The third-order valence-corrected chi connectivity index (χ3v) is 3.85. The molecule has 0 radical (unpaired) electrons. The molecule has 1 saturated heterocycles. The van der Waals surface area contributed by atoms with Gasteiger partial charge in [-0.3, -0.25) is 4.79 Å². The molecule has 4 N–H and O–H groups in total. The third-order valence-electron chi connectivity index (χ3n) is 2.11. The Morgan fingerprint density at radius 3 is 2.31 bits per heavy atom. The summed E-state index contributed by atoms with van der Waals surface area (Å²) in [6, 6.07) is -1.31. The van der Waals surface area contributed by atoms with Gasteiger partial charge in [-0.15, -0.1) is 0 Å². The van der Waals surface area contributed by atoms with E-state index >= 15 is 0 Å². The molecule has 1 aliphatic rings. The molecular formula is C6H11NO5S. The number of carboxylic acid groups (broad SMARTS) is 1. The predicted molar refractivity (Wildman–Crippen MR) is 43.8 cm³/mol. The molecule has 76 valence electrons. The van der Waals surface area contributed by atoms with E-state index in [4.69, 9.17) is 10.8 Å². The molecule has 3 atom stereocenters. The van der Waals surface area contributed by atoms with Crippen molar-refractivity contribution in [3.63, 3.8) is 0 Å². The zero-order valence-corrected chi connectivity index (χ0v) is 7.57. The molecule has 1 aliphatic heterocycles. The summed E-state index contributed by atoms with van der Waals surface area (Å²) in [6.07, 6.45) is -1.16. The molecule has 0 aromatic carbocycles. The zero-order valence-electron chi connectivity index (χ0n) is 6.75. The Morgan fingerprint density at radius 1 is 1.46 bits per heavy atom. The fourth-order valence-electron chi connectivity index (χ4n) is 1.38. The first-order chi connectivity index (χ1) is 5.83. The van der Waals surface area contributed by atoms with Gasteiger partial charge in [0, 0.05) is 5.92 Å². The first kappa shape index (κ1) is 10.4. The van der Waals surface area contributed by atoms with Crippen LogP contribution in [0.2, 0.25) is 0 Å². The molecule has 0 bridgehead atoms. The second-order valence-electron chi connectivity index (χ2n) is 3.17. The number of nitrogens with two attached hydrogens (primary N) is 1. The van der Waals surface area contributed by atoms with E-state index in [0.29, 0.717) is 0 Å². The van der Waals surface area contributed by atoms with Crippen LogP contribution in [-0.4, -0.2) is 48.3 Å². The summed E-state index contributed by atoms with van der Waals surface area (Å²) in [4.78, 5) is 10.4. The SMILES string of the molecule is N[C@H](C(=O)O)[C@@H]1CS(=O)(=O)C[C@H]1O. The van der Waals surface area contributed by atoms with Crippen LogP contribution in [0.1, 0.15) is 0 Å². The van der Waals surface area contributed by atoms with Crippen molar-refractivity contribution in [2.75, 3.05) is 11.5 Å². The highest BCUT2D eigenvalue weighted by molar-refractivity contribution is 7.91. The lowest BCUT2D eigenvalue weighted by atomic mass is 9.98. The van der Waals surface area contributed by atoms with E-state index in [1.165, 1.54) is 0 Å². The highest BCUT2D eigenvalue weighted by Crippen LogP contribution is 2.21. The fourth-order valence-corrected chi connectivity index (χ4v) is 3.30. The van der Waals surface area contributed by atoms with Crippen LogP contribution >= 0.6 is 0 Å². The van der Waals surface area contributed by atoms with E-state index < -0.39 is 39.6 Å². The highest BCUT2D eigenvalue weighted by atomic mass is 32.2. The number of aliphatic carboxylic acids is 1. The smallest absolute Gasteiger partial charge is 0.320 e. The van der Waals surface area contributed by atoms with Crippen LogP contribution in [0, 0.1) is 5.92 Å². The van der Waals surface area contributed by atoms with Crippen LogP contribution in [-0.2, 0) is 14.6 Å². The van der Waals surface area contributed by atoms with Crippen LogP contribution < -0.4 is 5.73 Å². The van der Waals surface area contributed by atoms with E-state index in [0.717, 1.165) is 0 Å². The van der Waals surface area contributed by atoms with Gasteiger partial charge in [0.25, 0.3) is 0 Å². The molecule has 0 unspecified atom stereocenters. The summed E-state index contributed by atoms with van der Waals surface area (Å²) in [7, 11) is -3.32. The molecule has 0 amide bonds. The van der Waals surface area contributed by atoms with Gasteiger partial charge < -0.3 is 15.9 Å². The summed E-state index contributed by atoms with van der Waals surface area (Å²) in [5.74, 6) is -2.91. The molecule has 0 aromatic rings. The molecule has 0 aliphatic carbocycles. The average molecular weight is 209 g/mol. The molecule has 7 heteroatoms. The molecule has 6 nitrogen and oxygen atoms in total. The van der Waals surface area contributed by atoms with Gasteiger partial charge in [0.1, 0.15) is 6.04 Å². The second-order valence-corrected chi connectivity index (χ2v) is 5.33. The number of carbonyl (C=O) groups is 1. The largest absolute Gasteiger partial charge is 0.480 e. The number of rotatable bonds is 2. The van der Waals surface area contributed by atoms with Crippen LogP contribution in [0.15, 0.2) is 0 Å². The molecule has 1 fully saturated rings. The number of hydrogen-bond donors (Lipinski definition) is 3. The highest BCUT2D eigenvalue weighted by Gasteiger charge is 2.42. The van der Waals surface area contributed by atoms with Gasteiger partial charge >= 0.3 is 5.97 Å². The van der Waals surface area contributed by atoms with Crippen molar-refractivity contribution in [3.8, 4) is 0 Å². The lowest BCUT2D eigenvalue weighted by molar-refractivity contribution is -0.140. The monoisotopic (exact) mass is 209 g/mol. The quantitative estimate of drug-likeness (QED) is 0.475. The van der Waals surface area contributed by atoms with Crippen molar-refractivity contribution in [3.05, 3.63) is 0 Å². The fraction of sp³-hybridized carbons (Fsp3) is 0.833. The minimum absolute atomic E-state index is 0.346. The predicted octanol–water partition coefficient (Wildman–Crippen LogP) is -2.20. The summed E-state index contributed by atoms with van der Waals surface area (Å²) >= 11 is 0. The molecule has 13 heavy (non-hydrogen) atoms. The van der Waals surface area contributed by atoms with Crippen molar-refractivity contribution in [1.82, 2.24) is 0 Å². The maximum atomic E-state index is 11.0. The van der Waals surface area contributed by atoms with Crippen molar-refractivity contribution < 1.29 is 23.4 Å². The number of carboxylic acids is 1. The van der Waals surface area contributed by atoms with Crippen LogP contribution in [0.25, 0.3) is 0 Å². The van der Waals surface area contributed by atoms with E-state index in [9.17, 15) is 18.3 Å². The van der Waals surface area contributed by atoms with Gasteiger partial charge in [0.2, 0.25) is 0 Å². The normalized spacial score (nSPS) is 34.3. The Labute approximate surface area is 75.3 Å². The average Bonchev–Trinajstić information content (AvgIpc) is 2.22.